The van der Waals surface area contributed by atoms with Crippen LogP contribution in [0.2, 0.25) is 0 Å². The summed E-state index contributed by atoms with van der Waals surface area (Å²) in [5, 5.41) is 5.96. The monoisotopic (exact) mass is 382 g/mol. The Hall–Kier alpha value is -3.13. The van der Waals surface area contributed by atoms with Gasteiger partial charge in [0.2, 0.25) is 5.91 Å². The van der Waals surface area contributed by atoms with E-state index < -0.39 is 11.1 Å². The first kappa shape index (κ1) is 18.2. The minimum atomic E-state index is -0.396. The highest BCUT2D eigenvalue weighted by atomic mass is 16.3. The number of nitrogens with one attached hydrogen (secondary N) is 2. The maximum absolute atomic E-state index is 12.5. The molecule has 1 aromatic carbocycles. The van der Waals surface area contributed by atoms with Crippen molar-refractivity contribution >= 4 is 16.7 Å². The molecule has 3 heterocycles. The van der Waals surface area contributed by atoms with Crippen LogP contribution in [-0.4, -0.2) is 40.2 Å². The number of aromatic nitrogens is 2. The summed E-state index contributed by atoms with van der Waals surface area (Å²) in [6.07, 6.45) is 3.87. The van der Waals surface area contributed by atoms with Crippen molar-refractivity contribution in [3.8, 4) is 0 Å². The molecule has 8 nitrogen and oxygen atoms in total. The zero-order valence-corrected chi connectivity index (χ0v) is 15.4. The van der Waals surface area contributed by atoms with Crippen molar-refractivity contribution in [3.63, 3.8) is 0 Å². The van der Waals surface area contributed by atoms with Gasteiger partial charge in [0.25, 0.3) is 11.1 Å². The molecule has 146 valence electrons. The normalized spacial score (nSPS) is 15.7. The number of fused-ring (bicyclic) bond motifs is 1. The van der Waals surface area contributed by atoms with Gasteiger partial charge in [-0.15, -0.1) is 0 Å². The van der Waals surface area contributed by atoms with Crippen LogP contribution in [0.25, 0.3) is 10.8 Å². The Balaban J connectivity index is 1.48. The number of hydrogen-bond acceptors (Lipinski definition) is 5. The Labute approximate surface area is 160 Å². The summed E-state index contributed by atoms with van der Waals surface area (Å²) in [6.45, 7) is 2.04. The number of nitrogens with zero attached hydrogens (tertiary/aromatic N) is 2. The first-order chi connectivity index (χ1) is 13.6. The predicted octanol–water partition coefficient (Wildman–Crippen LogP) is 1.24. The number of carbonyl (C=O) groups is 1. The van der Waals surface area contributed by atoms with E-state index in [0.717, 1.165) is 36.4 Å². The molecule has 0 saturated carbocycles. The van der Waals surface area contributed by atoms with Crippen molar-refractivity contribution in [3.05, 3.63) is 69.1 Å². The van der Waals surface area contributed by atoms with Crippen molar-refractivity contribution < 1.29 is 9.21 Å². The SMILES string of the molecule is O=C(Cn1[nH]c(=O)c2ccccc2c1=O)NCC(c1ccco1)N1CCCC1. The van der Waals surface area contributed by atoms with Gasteiger partial charge < -0.3 is 9.73 Å². The Morgan fingerprint density at radius 1 is 1.11 bits per heavy atom. The van der Waals surface area contributed by atoms with E-state index in [4.69, 9.17) is 4.42 Å². The predicted molar refractivity (Wildman–Crippen MR) is 104 cm³/mol. The fourth-order valence-electron chi connectivity index (χ4n) is 3.71. The minimum absolute atomic E-state index is 0.0474. The van der Waals surface area contributed by atoms with Gasteiger partial charge in [-0.2, -0.15) is 0 Å². The van der Waals surface area contributed by atoms with Crippen LogP contribution in [0.3, 0.4) is 0 Å². The molecule has 2 aromatic heterocycles. The molecule has 28 heavy (non-hydrogen) atoms. The highest BCUT2D eigenvalue weighted by molar-refractivity contribution is 5.81. The number of likely N-dealkylation sites (tertiary alicyclic amines) is 1. The van der Waals surface area contributed by atoms with Crippen molar-refractivity contribution in [1.82, 2.24) is 20.0 Å². The Morgan fingerprint density at radius 2 is 1.86 bits per heavy atom. The van der Waals surface area contributed by atoms with Gasteiger partial charge in [0, 0.05) is 6.54 Å². The highest BCUT2D eigenvalue weighted by Crippen LogP contribution is 2.24. The highest BCUT2D eigenvalue weighted by Gasteiger charge is 2.26. The molecule has 8 heteroatoms. The smallest absolute Gasteiger partial charge is 0.273 e. The molecule has 1 unspecified atom stereocenters. The van der Waals surface area contributed by atoms with Gasteiger partial charge >= 0.3 is 0 Å². The second-order valence-electron chi connectivity index (χ2n) is 6.96. The molecule has 1 fully saturated rings. The van der Waals surface area contributed by atoms with Crippen LogP contribution in [-0.2, 0) is 11.3 Å². The van der Waals surface area contributed by atoms with Crippen LogP contribution in [0, 0.1) is 0 Å². The summed E-state index contributed by atoms with van der Waals surface area (Å²) < 4.78 is 6.60. The van der Waals surface area contributed by atoms with Crippen molar-refractivity contribution in [2.45, 2.75) is 25.4 Å². The van der Waals surface area contributed by atoms with Crippen LogP contribution in [0.4, 0.5) is 0 Å². The van der Waals surface area contributed by atoms with Gasteiger partial charge in [-0.1, -0.05) is 12.1 Å². The molecule has 2 N–H and O–H groups in total. The summed E-state index contributed by atoms with van der Waals surface area (Å²) in [5.74, 6) is 0.460. The standard InChI is InChI=1S/C20H22N4O4/c25-18(13-24-20(27)15-7-2-1-6-14(15)19(26)22-24)21-12-16(17-8-5-11-28-17)23-9-3-4-10-23/h1-2,5-8,11,16H,3-4,9-10,12-13H2,(H,21,25)(H,22,26). The number of furan rings is 1. The fraction of sp³-hybridized carbons (Fsp3) is 0.350. The minimum Gasteiger partial charge on any atom is -0.468 e. The maximum Gasteiger partial charge on any atom is 0.273 e. The maximum atomic E-state index is 12.5. The van der Waals surface area contributed by atoms with Gasteiger partial charge in [0.05, 0.1) is 23.1 Å². The number of benzene rings is 1. The third-order valence-corrected chi connectivity index (χ3v) is 5.13. The number of aromatic amines is 1. The van der Waals surface area contributed by atoms with Gasteiger partial charge in [-0.25, -0.2) is 4.68 Å². The van der Waals surface area contributed by atoms with E-state index in [2.05, 4.69) is 15.3 Å². The summed E-state index contributed by atoms with van der Waals surface area (Å²) in [5.41, 5.74) is -0.791. The van der Waals surface area contributed by atoms with E-state index >= 15 is 0 Å². The number of amides is 1. The van der Waals surface area contributed by atoms with Gasteiger partial charge in [-0.3, -0.25) is 24.4 Å². The molecule has 1 aliphatic heterocycles. The second kappa shape index (κ2) is 7.85. The van der Waals surface area contributed by atoms with Crippen molar-refractivity contribution in [1.29, 1.82) is 0 Å². The van der Waals surface area contributed by atoms with E-state index in [-0.39, 0.29) is 18.5 Å². The number of carbonyl (C=O) groups excluding carboxylic acids is 1. The molecule has 0 bridgehead atoms. The van der Waals surface area contributed by atoms with Gasteiger partial charge in [0.15, 0.2) is 0 Å². The van der Waals surface area contributed by atoms with E-state index in [9.17, 15) is 14.4 Å². The van der Waals surface area contributed by atoms with Crippen LogP contribution in [0.15, 0.2) is 56.7 Å². The largest absolute Gasteiger partial charge is 0.468 e. The van der Waals surface area contributed by atoms with E-state index in [0.29, 0.717) is 17.3 Å². The van der Waals surface area contributed by atoms with Crippen molar-refractivity contribution in [2.24, 2.45) is 0 Å². The third kappa shape index (κ3) is 3.63. The molecular formula is C20H22N4O4. The quantitative estimate of drug-likeness (QED) is 0.668. The molecule has 1 atom stereocenters. The Kier molecular flexibility index (Phi) is 5.12. The first-order valence-electron chi connectivity index (χ1n) is 9.39. The van der Waals surface area contributed by atoms with E-state index in [1.54, 1.807) is 30.5 Å². The Morgan fingerprint density at radius 3 is 2.57 bits per heavy atom. The lowest BCUT2D eigenvalue weighted by molar-refractivity contribution is -0.122. The molecule has 1 saturated heterocycles. The molecule has 0 spiro atoms. The first-order valence-corrected chi connectivity index (χ1v) is 9.39. The van der Waals surface area contributed by atoms with E-state index in [1.165, 1.54) is 0 Å². The average molecular weight is 382 g/mol. The molecule has 3 aromatic rings. The summed E-state index contributed by atoms with van der Waals surface area (Å²) in [7, 11) is 0. The summed E-state index contributed by atoms with van der Waals surface area (Å²) in [6, 6.07) is 10.2. The van der Waals surface area contributed by atoms with E-state index in [1.807, 2.05) is 12.1 Å². The molecule has 0 aliphatic carbocycles. The molecular weight excluding hydrogens is 360 g/mol. The van der Waals surface area contributed by atoms with Crippen LogP contribution in [0.1, 0.15) is 24.6 Å². The number of H-pyrrole nitrogens is 1. The van der Waals surface area contributed by atoms with Crippen LogP contribution in [0.5, 0.6) is 0 Å². The summed E-state index contributed by atoms with van der Waals surface area (Å²) >= 11 is 0. The topological polar surface area (TPSA) is 100 Å². The van der Waals surface area contributed by atoms with Gasteiger partial charge in [-0.05, 0) is 50.2 Å². The van der Waals surface area contributed by atoms with Gasteiger partial charge in [0.1, 0.15) is 12.3 Å². The lowest BCUT2D eigenvalue weighted by Gasteiger charge is -2.26. The lowest BCUT2D eigenvalue weighted by Crippen LogP contribution is -2.40. The molecule has 1 aliphatic rings. The average Bonchev–Trinajstić information content (AvgIpc) is 3.41. The van der Waals surface area contributed by atoms with Crippen LogP contribution >= 0.6 is 0 Å². The lowest BCUT2D eigenvalue weighted by atomic mass is 10.2. The van der Waals surface area contributed by atoms with Crippen molar-refractivity contribution in [2.75, 3.05) is 19.6 Å². The molecule has 1 amide bonds. The number of hydrogen-bond donors (Lipinski definition) is 2. The molecule has 0 radical (unpaired) electrons. The van der Waals surface area contributed by atoms with Crippen LogP contribution < -0.4 is 16.4 Å². The molecule has 4 rings (SSSR count). The number of rotatable bonds is 6. The second-order valence-corrected chi connectivity index (χ2v) is 6.96. The third-order valence-electron chi connectivity index (χ3n) is 5.13. The summed E-state index contributed by atoms with van der Waals surface area (Å²) in [4.78, 5) is 39.4. The fourth-order valence-corrected chi connectivity index (χ4v) is 3.71. The zero-order valence-electron chi connectivity index (χ0n) is 15.4. The zero-order chi connectivity index (χ0) is 19.5. The Bertz CT molecular complexity index is 1080.